The Morgan fingerprint density at radius 2 is 0.881 bits per heavy atom. The fourth-order valence-corrected chi connectivity index (χ4v) is 10.7. The minimum atomic E-state index is -2.53. The highest BCUT2D eigenvalue weighted by Crippen LogP contribution is 2.35. The number of anilines is 2. The van der Waals surface area contributed by atoms with E-state index >= 15 is 0 Å². The number of rotatable bonds is 7. The number of hydrogen-bond acceptors (Lipinski definition) is 1. The molecular formula is C40H37NSi. The summed E-state index contributed by atoms with van der Waals surface area (Å²) in [5.41, 5.74) is 6.02. The lowest BCUT2D eigenvalue weighted by Crippen LogP contribution is -2.74. The maximum Gasteiger partial charge on any atom is 0.179 e. The quantitative estimate of drug-likeness (QED) is 0.156. The molecule has 0 atom stereocenters. The predicted molar refractivity (Wildman–Crippen MR) is 184 cm³/mol. The Hall–Kier alpha value is -4.66. The molecule has 0 spiro atoms. The molecule has 1 nitrogen and oxygen atoms in total. The Kier molecular flexibility index (Phi) is 7.65. The molecule has 0 fully saturated rings. The van der Waals surface area contributed by atoms with E-state index in [2.05, 4.69) is 190 Å². The highest BCUT2D eigenvalue weighted by molar-refractivity contribution is 7.19. The maximum absolute atomic E-state index is 3.76. The van der Waals surface area contributed by atoms with Gasteiger partial charge in [0.1, 0.15) is 0 Å². The van der Waals surface area contributed by atoms with Crippen LogP contribution < -0.4 is 26.1 Å². The largest absolute Gasteiger partial charge is 0.355 e. The molecule has 6 aromatic rings. The van der Waals surface area contributed by atoms with Gasteiger partial charge in [-0.3, -0.25) is 0 Å². The van der Waals surface area contributed by atoms with E-state index in [4.69, 9.17) is 0 Å². The van der Waals surface area contributed by atoms with Crippen molar-refractivity contribution in [3.63, 3.8) is 0 Å². The molecule has 6 rings (SSSR count). The maximum atomic E-state index is 3.76. The SMILES string of the molecule is CC(C)(C)c1ccc(Nc2ccc([Si](c3ccccc3)(c3ccccc3)c3ccccc3)cc2)c(-c2ccccc2)c1. The van der Waals surface area contributed by atoms with E-state index in [0.29, 0.717) is 0 Å². The standard InChI is InChI=1S/C40H37NSi/c1-40(2,3)32-24-29-39(38(30-32)31-16-8-4-9-17-31)41-33-25-27-37(28-26-33)42(34-18-10-5-11-19-34,35-20-12-6-13-21-35)36-22-14-7-15-23-36/h4-30,41H,1-3H3. The van der Waals surface area contributed by atoms with Gasteiger partial charge in [0.25, 0.3) is 0 Å². The van der Waals surface area contributed by atoms with Crippen LogP contribution in [0.3, 0.4) is 0 Å². The summed E-state index contributed by atoms with van der Waals surface area (Å²) in [5, 5.41) is 9.27. The molecule has 0 saturated carbocycles. The summed E-state index contributed by atoms with van der Waals surface area (Å²) in [6.45, 7) is 6.81. The molecule has 0 bridgehead atoms. The summed E-state index contributed by atoms with van der Waals surface area (Å²) in [4.78, 5) is 0. The topological polar surface area (TPSA) is 12.0 Å². The second kappa shape index (κ2) is 11.7. The summed E-state index contributed by atoms with van der Waals surface area (Å²) >= 11 is 0. The normalized spacial score (nSPS) is 11.7. The van der Waals surface area contributed by atoms with Crippen molar-refractivity contribution in [2.75, 3.05) is 5.32 Å². The third-order valence-electron chi connectivity index (χ3n) is 8.19. The second-order valence-electron chi connectivity index (χ2n) is 11.9. The van der Waals surface area contributed by atoms with Gasteiger partial charge in [-0.25, -0.2) is 0 Å². The lowest BCUT2D eigenvalue weighted by molar-refractivity contribution is 0.590. The molecule has 0 aromatic heterocycles. The Morgan fingerprint density at radius 3 is 1.33 bits per heavy atom. The van der Waals surface area contributed by atoms with Crippen LogP contribution in [0.15, 0.2) is 164 Å². The van der Waals surface area contributed by atoms with Crippen LogP contribution in [0.2, 0.25) is 0 Å². The van der Waals surface area contributed by atoms with Crippen molar-refractivity contribution < 1.29 is 0 Å². The first-order valence-electron chi connectivity index (χ1n) is 14.7. The van der Waals surface area contributed by atoms with Crippen LogP contribution in [-0.4, -0.2) is 8.07 Å². The molecule has 206 valence electrons. The van der Waals surface area contributed by atoms with Crippen molar-refractivity contribution in [1.82, 2.24) is 0 Å². The second-order valence-corrected chi connectivity index (χ2v) is 15.7. The Morgan fingerprint density at radius 1 is 0.452 bits per heavy atom. The van der Waals surface area contributed by atoms with Gasteiger partial charge in [-0.2, -0.15) is 0 Å². The van der Waals surface area contributed by atoms with Crippen molar-refractivity contribution in [1.29, 1.82) is 0 Å². The average Bonchev–Trinajstić information content (AvgIpc) is 3.04. The lowest BCUT2D eigenvalue weighted by atomic mass is 9.85. The third-order valence-corrected chi connectivity index (χ3v) is 13.0. The van der Waals surface area contributed by atoms with Crippen LogP contribution in [0.1, 0.15) is 26.3 Å². The molecule has 0 aliphatic rings. The molecule has 42 heavy (non-hydrogen) atoms. The van der Waals surface area contributed by atoms with Gasteiger partial charge in [-0.1, -0.05) is 160 Å². The summed E-state index contributed by atoms with van der Waals surface area (Å²) in [6.07, 6.45) is 0. The molecule has 0 aliphatic heterocycles. The third kappa shape index (κ3) is 5.34. The van der Waals surface area contributed by atoms with Gasteiger partial charge in [-0.15, -0.1) is 0 Å². The van der Waals surface area contributed by atoms with Crippen molar-refractivity contribution in [2.45, 2.75) is 26.2 Å². The zero-order valence-corrected chi connectivity index (χ0v) is 25.6. The van der Waals surface area contributed by atoms with E-state index in [1.54, 1.807) is 0 Å². The van der Waals surface area contributed by atoms with E-state index in [1.807, 2.05) is 0 Å². The van der Waals surface area contributed by atoms with Crippen molar-refractivity contribution in [3.05, 3.63) is 169 Å². The zero-order valence-electron chi connectivity index (χ0n) is 24.6. The smallest absolute Gasteiger partial charge is 0.179 e. The van der Waals surface area contributed by atoms with Crippen LogP contribution in [0.25, 0.3) is 11.1 Å². The Bertz CT molecular complexity index is 1640. The Labute approximate surface area is 251 Å². The van der Waals surface area contributed by atoms with Gasteiger partial charge in [-0.05, 0) is 61.6 Å². The molecule has 6 aromatic carbocycles. The van der Waals surface area contributed by atoms with E-state index in [0.717, 1.165) is 11.4 Å². The first-order valence-corrected chi connectivity index (χ1v) is 16.7. The fourth-order valence-electron chi connectivity index (χ4n) is 6.00. The number of nitrogens with one attached hydrogen (secondary N) is 1. The van der Waals surface area contributed by atoms with Gasteiger partial charge in [0, 0.05) is 16.9 Å². The van der Waals surface area contributed by atoms with Gasteiger partial charge >= 0.3 is 0 Å². The van der Waals surface area contributed by atoms with Gasteiger partial charge < -0.3 is 5.32 Å². The highest BCUT2D eigenvalue weighted by Gasteiger charge is 2.41. The molecule has 0 saturated heterocycles. The highest BCUT2D eigenvalue weighted by atomic mass is 28.3. The average molecular weight is 560 g/mol. The molecule has 0 heterocycles. The molecular weight excluding hydrogens is 523 g/mol. The van der Waals surface area contributed by atoms with Gasteiger partial charge in [0.2, 0.25) is 0 Å². The minimum Gasteiger partial charge on any atom is -0.355 e. The van der Waals surface area contributed by atoms with E-state index < -0.39 is 8.07 Å². The van der Waals surface area contributed by atoms with Crippen LogP contribution in [0, 0.1) is 0 Å². The van der Waals surface area contributed by atoms with Crippen molar-refractivity contribution in [2.24, 2.45) is 0 Å². The summed E-state index contributed by atoms with van der Waals surface area (Å²) in [5.74, 6) is 0. The molecule has 0 radical (unpaired) electrons. The van der Waals surface area contributed by atoms with E-state index in [1.165, 1.54) is 37.4 Å². The molecule has 1 N–H and O–H groups in total. The van der Waals surface area contributed by atoms with Crippen LogP contribution >= 0.6 is 0 Å². The van der Waals surface area contributed by atoms with Gasteiger partial charge in [0.15, 0.2) is 8.07 Å². The van der Waals surface area contributed by atoms with Crippen LogP contribution in [0.4, 0.5) is 11.4 Å². The lowest BCUT2D eigenvalue weighted by Gasteiger charge is -2.34. The van der Waals surface area contributed by atoms with Crippen molar-refractivity contribution in [3.8, 4) is 11.1 Å². The molecule has 0 unspecified atom stereocenters. The fraction of sp³-hybridized carbons (Fsp3) is 0.100. The van der Waals surface area contributed by atoms with Crippen LogP contribution in [0.5, 0.6) is 0 Å². The van der Waals surface area contributed by atoms with Crippen molar-refractivity contribution >= 4 is 40.2 Å². The number of hydrogen-bond donors (Lipinski definition) is 1. The zero-order chi connectivity index (χ0) is 29.0. The van der Waals surface area contributed by atoms with Gasteiger partial charge in [0.05, 0.1) is 0 Å². The van der Waals surface area contributed by atoms with Crippen LogP contribution in [-0.2, 0) is 5.41 Å². The molecule has 0 amide bonds. The molecule has 0 aliphatic carbocycles. The van der Waals surface area contributed by atoms with E-state index in [-0.39, 0.29) is 5.41 Å². The summed E-state index contributed by atoms with van der Waals surface area (Å²) in [6, 6.07) is 59.9. The van der Waals surface area contributed by atoms with E-state index in [9.17, 15) is 0 Å². The predicted octanol–water partition coefficient (Wildman–Crippen LogP) is 7.77. The monoisotopic (exact) mass is 559 g/mol. The summed E-state index contributed by atoms with van der Waals surface area (Å²) < 4.78 is 0. The molecule has 2 heteroatoms. The first kappa shape index (κ1) is 27.5. The summed E-state index contributed by atoms with van der Waals surface area (Å²) in [7, 11) is -2.53. The Balaban J connectivity index is 1.46. The first-order chi connectivity index (χ1) is 20.5. The minimum absolute atomic E-state index is 0.0734. The number of benzene rings is 6.